The van der Waals surface area contributed by atoms with Gasteiger partial charge in [-0.05, 0) is 163 Å². The normalized spacial score (nSPS) is 11.0. The number of fused-ring (bicyclic) bond motifs is 2. The zero-order valence-corrected chi connectivity index (χ0v) is 53.5. The zero-order chi connectivity index (χ0) is 64.1. The number of nitrogens with one attached hydrogen (secondary N) is 2. The Hall–Kier alpha value is -8.24. The topological polar surface area (TPSA) is 242 Å². The largest absolute Gasteiger partial charge is 0.479 e. The van der Waals surface area contributed by atoms with Gasteiger partial charge >= 0.3 is 11.9 Å². The molecule has 0 saturated carbocycles. The highest BCUT2D eigenvalue weighted by Crippen LogP contribution is 2.29. The number of carbonyl (C=O) groups excluding carboxylic acids is 4. The van der Waals surface area contributed by atoms with Crippen molar-refractivity contribution >= 4 is 138 Å². The SMILES string of the molecule is CC(C)=NOCCOC(=O)C(C)Oc1ccc(Oc2cnc3cc(Cl)ccc3n2)cc1.CC(C)=NOCCOC(=O)[C@@H](C)Oc1ccc(Oc2cnc3cc(Cl)ccc3n2)cc1.CCC(=O)Nc1ccc(Cl)c(Cl)c1.CCC(=O)Nc1ccc(Cl)c(Cl)c1. The van der Waals surface area contributed by atoms with Gasteiger partial charge in [0, 0.05) is 34.3 Å². The van der Waals surface area contributed by atoms with Crippen LogP contribution >= 0.6 is 69.6 Å². The summed E-state index contributed by atoms with van der Waals surface area (Å²) < 4.78 is 32.9. The molecule has 6 aromatic carbocycles. The first-order valence-corrected chi connectivity index (χ1v) is 29.2. The van der Waals surface area contributed by atoms with Crippen molar-refractivity contribution in [2.75, 3.05) is 37.1 Å². The molecule has 0 saturated heterocycles. The number of anilines is 2. The third-order valence-corrected chi connectivity index (χ3v) is 12.7. The van der Waals surface area contributed by atoms with E-state index in [1.807, 2.05) is 27.7 Å². The lowest BCUT2D eigenvalue weighted by Gasteiger charge is -2.14. The third kappa shape index (κ3) is 25.6. The molecule has 0 aliphatic heterocycles. The van der Waals surface area contributed by atoms with Gasteiger partial charge in [-0.2, -0.15) is 0 Å². The number of ether oxygens (including phenoxy) is 6. The first-order chi connectivity index (χ1) is 42.1. The second-order valence-electron chi connectivity index (χ2n) is 18.5. The molecule has 0 spiro atoms. The van der Waals surface area contributed by atoms with Crippen LogP contribution in [-0.2, 0) is 38.3 Å². The van der Waals surface area contributed by atoms with Crippen LogP contribution in [0, 0.1) is 0 Å². The first kappa shape index (κ1) is 70.5. The van der Waals surface area contributed by atoms with E-state index in [0.29, 0.717) is 111 Å². The lowest BCUT2D eigenvalue weighted by atomic mass is 10.3. The minimum absolute atomic E-state index is 0.0432. The average Bonchev–Trinajstić information content (AvgIpc) is 3.51. The van der Waals surface area contributed by atoms with Crippen molar-refractivity contribution in [2.24, 2.45) is 10.3 Å². The Bertz CT molecular complexity index is 3430. The number of hydrogen-bond acceptors (Lipinski definition) is 18. The molecule has 0 radical (unpaired) electrons. The van der Waals surface area contributed by atoms with Crippen molar-refractivity contribution in [3.05, 3.63) is 164 Å². The monoisotopic (exact) mass is 1320 g/mol. The molecular formula is C62H62Cl6N8O12. The molecule has 2 atom stereocenters. The summed E-state index contributed by atoms with van der Waals surface area (Å²) in [6, 6.07) is 34.1. The predicted molar refractivity (Wildman–Crippen MR) is 344 cm³/mol. The Morgan fingerprint density at radius 3 is 1.16 bits per heavy atom. The van der Waals surface area contributed by atoms with Crippen LogP contribution in [0.4, 0.5) is 11.4 Å². The van der Waals surface area contributed by atoms with Gasteiger partial charge in [-0.1, -0.05) is 93.8 Å². The number of rotatable bonds is 22. The minimum atomic E-state index is -0.777. The Morgan fingerprint density at radius 2 is 0.818 bits per heavy atom. The van der Waals surface area contributed by atoms with E-state index in [2.05, 4.69) is 40.9 Å². The molecule has 20 nitrogen and oxygen atoms in total. The van der Waals surface area contributed by atoms with E-state index in [9.17, 15) is 19.2 Å². The molecule has 2 N–H and O–H groups in total. The highest BCUT2D eigenvalue weighted by Gasteiger charge is 2.18. The molecule has 0 aliphatic rings. The number of carbonyl (C=O) groups is 4. The molecule has 0 bridgehead atoms. The fraction of sp³-hybridized carbons (Fsp3) is 0.258. The maximum absolute atomic E-state index is 12.0. The van der Waals surface area contributed by atoms with Crippen LogP contribution in [0.5, 0.6) is 34.8 Å². The summed E-state index contributed by atoms with van der Waals surface area (Å²) >= 11 is 34.8. The lowest BCUT2D eigenvalue weighted by molar-refractivity contribution is -0.153. The van der Waals surface area contributed by atoms with Gasteiger partial charge in [0.05, 0.1) is 66.0 Å². The van der Waals surface area contributed by atoms with Crippen LogP contribution in [-0.4, -0.2) is 93.7 Å². The molecular weight excluding hydrogens is 1260 g/mol. The van der Waals surface area contributed by atoms with Crippen molar-refractivity contribution in [3.8, 4) is 34.8 Å². The van der Waals surface area contributed by atoms with Crippen molar-refractivity contribution in [1.29, 1.82) is 0 Å². The highest BCUT2D eigenvalue weighted by molar-refractivity contribution is 6.42. The van der Waals surface area contributed by atoms with Crippen LogP contribution in [0.25, 0.3) is 22.1 Å². The highest BCUT2D eigenvalue weighted by atomic mass is 35.5. The Labute approximate surface area is 538 Å². The molecule has 88 heavy (non-hydrogen) atoms. The van der Waals surface area contributed by atoms with E-state index < -0.39 is 24.1 Å². The third-order valence-electron chi connectivity index (χ3n) is 10.7. The van der Waals surface area contributed by atoms with Gasteiger partial charge in [0.25, 0.3) is 0 Å². The van der Waals surface area contributed by atoms with E-state index in [1.165, 1.54) is 12.4 Å². The van der Waals surface area contributed by atoms with Crippen LogP contribution in [0.1, 0.15) is 68.2 Å². The van der Waals surface area contributed by atoms with E-state index >= 15 is 0 Å². The van der Waals surface area contributed by atoms with Crippen molar-refractivity contribution < 1.29 is 57.3 Å². The Balaban J connectivity index is 0.000000231. The van der Waals surface area contributed by atoms with Crippen molar-refractivity contribution in [1.82, 2.24) is 19.9 Å². The fourth-order valence-corrected chi connectivity index (χ4v) is 7.47. The van der Waals surface area contributed by atoms with Gasteiger partial charge in [-0.15, -0.1) is 0 Å². The average molecular weight is 1320 g/mol. The number of oxime groups is 2. The first-order valence-electron chi connectivity index (χ1n) is 26.9. The standard InChI is InChI=1S/2C22H22ClN3O5.2C9H9Cl2NO/c2*1-14(2)26-29-11-10-28-22(27)15(3)30-17-5-7-18(8-6-17)31-21-13-24-20-12-16(23)4-9-19(20)25-21;2*1-2-9(13)12-6-3-4-7(10)8(11)5-6/h2*4-9,12-13,15H,10-11H2,1-3H3;2*3-5H,2H2,1H3,(H,12,13)/t15-;;;/m1.../s1. The molecule has 8 rings (SSSR count). The fourth-order valence-electron chi connectivity index (χ4n) is 6.54. The summed E-state index contributed by atoms with van der Waals surface area (Å²) in [6.45, 7) is 14.6. The van der Waals surface area contributed by atoms with Crippen molar-refractivity contribution in [3.63, 3.8) is 0 Å². The molecule has 26 heteroatoms. The number of halogens is 6. The summed E-state index contributed by atoms with van der Waals surface area (Å²) in [4.78, 5) is 73.3. The molecule has 1 unspecified atom stereocenters. The molecule has 2 heterocycles. The van der Waals surface area contributed by atoms with Gasteiger partial charge in [0.1, 0.15) is 36.2 Å². The molecule has 2 aromatic heterocycles. The van der Waals surface area contributed by atoms with Gasteiger partial charge in [0.2, 0.25) is 23.6 Å². The molecule has 8 aromatic rings. The molecule has 0 aliphatic carbocycles. The number of amides is 2. The number of nitrogens with zero attached hydrogens (tertiary/aromatic N) is 6. The van der Waals surface area contributed by atoms with Crippen LogP contribution in [0.3, 0.4) is 0 Å². The maximum atomic E-state index is 12.0. The van der Waals surface area contributed by atoms with E-state index in [0.717, 1.165) is 11.4 Å². The van der Waals surface area contributed by atoms with Gasteiger partial charge in [0.15, 0.2) is 25.4 Å². The van der Waals surface area contributed by atoms with E-state index in [1.54, 1.807) is 149 Å². The predicted octanol–water partition coefficient (Wildman–Crippen LogP) is 16.3. The summed E-state index contributed by atoms with van der Waals surface area (Å²) in [5, 5.41) is 15.9. The number of aromatic nitrogens is 4. The minimum Gasteiger partial charge on any atom is -0.479 e. The second kappa shape index (κ2) is 36.8. The number of benzene rings is 6. The Kier molecular flexibility index (Phi) is 29.5. The van der Waals surface area contributed by atoms with Gasteiger partial charge in [-0.3, -0.25) is 9.59 Å². The molecule has 464 valence electrons. The van der Waals surface area contributed by atoms with Crippen LogP contribution in [0.2, 0.25) is 30.1 Å². The quantitative estimate of drug-likeness (QED) is 0.0277. The molecule has 0 fully saturated rings. The zero-order valence-electron chi connectivity index (χ0n) is 48.9. The smallest absolute Gasteiger partial charge is 0.347 e. The van der Waals surface area contributed by atoms with Crippen molar-refractivity contribution in [2.45, 2.75) is 80.4 Å². The number of esters is 2. The van der Waals surface area contributed by atoms with Gasteiger partial charge < -0.3 is 48.7 Å². The van der Waals surface area contributed by atoms with Crippen LogP contribution in [0.15, 0.2) is 144 Å². The van der Waals surface area contributed by atoms with Gasteiger partial charge in [-0.25, -0.2) is 29.5 Å². The summed E-state index contributed by atoms with van der Waals surface area (Å²) in [5.74, 6) is 1.73. The summed E-state index contributed by atoms with van der Waals surface area (Å²) in [5.41, 5.74) is 5.63. The Morgan fingerprint density at radius 1 is 0.455 bits per heavy atom. The maximum Gasteiger partial charge on any atom is 0.347 e. The van der Waals surface area contributed by atoms with Crippen LogP contribution < -0.4 is 29.6 Å². The second-order valence-corrected chi connectivity index (χ2v) is 21.0. The number of hydrogen-bond donors (Lipinski definition) is 2. The van der Waals surface area contributed by atoms with E-state index in [-0.39, 0.29) is 38.2 Å². The lowest BCUT2D eigenvalue weighted by Crippen LogP contribution is -2.27. The summed E-state index contributed by atoms with van der Waals surface area (Å²) in [6.07, 6.45) is 2.39. The molecule has 2 amide bonds. The summed E-state index contributed by atoms with van der Waals surface area (Å²) in [7, 11) is 0. The van der Waals surface area contributed by atoms with E-state index in [4.69, 9.17) is 108 Å².